The summed E-state index contributed by atoms with van der Waals surface area (Å²) in [5.41, 5.74) is 1.97. The second-order valence-corrected chi connectivity index (χ2v) is 3.58. The molecule has 2 nitrogen and oxygen atoms in total. The number of halogens is 1. The number of hydrogen-bond donors (Lipinski definition) is 0. The molecule has 60 valence electrons. The lowest BCUT2D eigenvalue weighted by Crippen LogP contribution is -1.96. The third-order valence-electron chi connectivity index (χ3n) is 1.51. The summed E-state index contributed by atoms with van der Waals surface area (Å²) in [6.45, 7) is 6.14. The van der Waals surface area contributed by atoms with E-state index in [-0.39, 0.29) is 0 Å². The van der Waals surface area contributed by atoms with Crippen molar-refractivity contribution in [3.8, 4) is 0 Å². The molecule has 0 bridgehead atoms. The van der Waals surface area contributed by atoms with Crippen LogP contribution in [0.2, 0.25) is 0 Å². The van der Waals surface area contributed by atoms with Crippen LogP contribution in [0.15, 0.2) is 10.8 Å². The molecule has 0 fully saturated rings. The first kappa shape index (κ1) is 8.65. The Morgan fingerprint density at radius 2 is 2.09 bits per heavy atom. The average molecular weight is 215 g/mol. The lowest BCUT2D eigenvalue weighted by Gasteiger charge is -2.04. The van der Waals surface area contributed by atoms with E-state index < -0.39 is 0 Å². The summed E-state index contributed by atoms with van der Waals surface area (Å²) in [5, 5.41) is 0. The van der Waals surface area contributed by atoms with Crippen molar-refractivity contribution in [3.05, 3.63) is 22.2 Å². The molecule has 0 aliphatic rings. The molecule has 0 unspecified atom stereocenters. The van der Waals surface area contributed by atoms with E-state index in [1.165, 1.54) is 0 Å². The van der Waals surface area contributed by atoms with Crippen LogP contribution in [0.1, 0.15) is 31.2 Å². The summed E-state index contributed by atoms with van der Waals surface area (Å²) in [6, 6.07) is 0. The molecule has 1 rings (SSSR count). The molecule has 0 aliphatic carbocycles. The molecule has 1 aromatic rings. The quantitative estimate of drug-likeness (QED) is 0.719. The maximum atomic E-state index is 4.33. The lowest BCUT2D eigenvalue weighted by atomic mass is 10.1. The molecule has 0 atom stereocenters. The summed E-state index contributed by atoms with van der Waals surface area (Å²) < 4.78 is 0.851. The maximum absolute atomic E-state index is 4.33. The molecule has 0 spiro atoms. The van der Waals surface area contributed by atoms with Crippen LogP contribution >= 0.6 is 15.9 Å². The molecule has 1 heterocycles. The van der Waals surface area contributed by atoms with E-state index >= 15 is 0 Å². The molecule has 1 aromatic heterocycles. The summed E-state index contributed by atoms with van der Waals surface area (Å²) in [4.78, 5) is 8.52. The average Bonchev–Trinajstić information content (AvgIpc) is 1.94. The first-order valence-electron chi connectivity index (χ1n) is 3.60. The van der Waals surface area contributed by atoms with E-state index in [0.717, 1.165) is 16.0 Å². The number of nitrogens with zero attached hydrogens (tertiary/aromatic N) is 2. The van der Waals surface area contributed by atoms with Gasteiger partial charge >= 0.3 is 0 Å². The monoisotopic (exact) mass is 214 g/mol. The van der Waals surface area contributed by atoms with E-state index in [9.17, 15) is 0 Å². The Kier molecular flexibility index (Phi) is 2.60. The van der Waals surface area contributed by atoms with Gasteiger partial charge in [0.05, 0.1) is 11.4 Å². The smallest absolute Gasteiger partial charge is 0.127 e. The molecule has 11 heavy (non-hydrogen) atoms. The zero-order valence-electron chi connectivity index (χ0n) is 6.93. The SMILES string of the molecule is Cc1ncc(C(C)C)nc1Br. The van der Waals surface area contributed by atoms with Crippen molar-refractivity contribution in [3.63, 3.8) is 0 Å². The van der Waals surface area contributed by atoms with Crippen LogP contribution in [0.3, 0.4) is 0 Å². The van der Waals surface area contributed by atoms with Crippen molar-refractivity contribution in [2.24, 2.45) is 0 Å². The van der Waals surface area contributed by atoms with Gasteiger partial charge in [-0.25, -0.2) is 4.98 Å². The molecular weight excluding hydrogens is 204 g/mol. The van der Waals surface area contributed by atoms with Crippen molar-refractivity contribution in [1.29, 1.82) is 0 Å². The van der Waals surface area contributed by atoms with Crippen LogP contribution in [0.5, 0.6) is 0 Å². The summed E-state index contributed by atoms with van der Waals surface area (Å²) in [5.74, 6) is 0.444. The summed E-state index contributed by atoms with van der Waals surface area (Å²) in [6.07, 6.45) is 1.82. The predicted molar refractivity (Wildman–Crippen MR) is 48.6 cm³/mol. The summed E-state index contributed by atoms with van der Waals surface area (Å²) >= 11 is 3.34. The molecule has 0 radical (unpaired) electrons. The first-order valence-corrected chi connectivity index (χ1v) is 4.39. The van der Waals surface area contributed by atoms with Crippen molar-refractivity contribution in [2.75, 3.05) is 0 Å². The number of hydrogen-bond acceptors (Lipinski definition) is 2. The number of aryl methyl sites for hydroxylation is 1. The van der Waals surface area contributed by atoms with Crippen LogP contribution < -0.4 is 0 Å². The van der Waals surface area contributed by atoms with E-state index in [0.29, 0.717) is 5.92 Å². The van der Waals surface area contributed by atoms with Crippen LogP contribution in [0.4, 0.5) is 0 Å². The van der Waals surface area contributed by atoms with Gasteiger partial charge in [0.2, 0.25) is 0 Å². The molecule has 0 saturated carbocycles. The Morgan fingerprint density at radius 3 is 2.55 bits per heavy atom. The molecule has 0 amide bonds. The number of aromatic nitrogens is 2. The number of rotatable bonds is 1. The van der Waals surface area contributed by atoms with E-state index in [4.69, 9.17) is 0 Å². The van der Waals surface area contributed by atoms with E-state index in [1.54, 1.807) is 0 Å². The molecule has 0 aromatic carbocycles. The molecule has 3 heteroatoms. The van der Waals surface area contributed by atoms with Crippen molar-refractivity contribution in [2.45, 2.75) is 26.7 Å². The van der Waals surface area contributed by atoms with E-state index in [2.05, 4.69) is 39.7 Å². The van der Waals surface area contributed by atoms with Gasteiger partial charge in [-0.1, -0.05) is 13.8 Å². The van der Waals surface area contributed by atoms with Gasteiger partial charge in [-0.15, -0.1) is 0 Å². The highest BCUT2D eigenvalue weighted by Gasteiger charge is 2.03. The van der Waals surface area contributed by atoms with E-state index in [1.807, 2.05) is 13.1 Å². The predicted octanol–water partition coefficient (Wildman–Crippen LogP) is 2.67. The Morgan fingerprint density at radius 1 is 1.45 bits per heavy atom. The van der Waals surface area contributed by atoms with Gasteiger partial charge in [-0.3, -0.25) is 4.98 Å². The van der Waals surface area contributed by atoms with Crippen LogP contribution in [-0.4, -0.2) is 9.97 Å². The second kappa shape index (κ2) is 3.30. The Balaban J connectivity index is 3.05. The first-order chi connectivity index (χ1) is 5.11. The summed E-state index contributed by atoms with van der Waals surface area (Å²) in [7, 11) is 0. The van der Waals surface area contributed by atoms with Crippen molar-refractivity contribution >= 4 is 15.9 Å². The topological polar surface area (TPSA) is 25.8 Å². The second-order valence-electron chi connectivity index (χ2n) is 2.83. The minimum atomic E-state index is 0.444. The van der Waals surface area contributed by atoms with Gasteiger partial charge in [0.25, 0.3) is 0 Å². The van der Waals surface area contributed by atoms with Gasteiger partial charge in [0.15, 0.2) is 0 Å². The molecule has 0 aliphatic heterocycles. The third kappa shape index (κ3) is 1.99. The highest BCUT2D eigenvalue weighted by atomic mass is 79.9. The normalized spacial score (nSPS) is 10.6. The fourth-order valence-electron chi connectivity index (χ4n) is 0.718. The Labute approximate surface area is 75.2 Å². The maximum Gasteiger partial charge on any atom is 0.127 e. The fourth-order valence-corrected chi connectivity index (χ4v) is 1.02. The highest BCUT2D eigenvalue weighted by Crippen LogP contribution is 2.15. The van der Waals surface area contributed by atoms with Crippen LogP contribution in [0, 0.1) is 6.92 Å². The zero-order chi connectivity index (χ0) is 8.43. The Hall–Kier alpha value is -0.440. The molecular formula is C8H11BrN2. The minimum Gasteiger partial charge on any atom is -0.257 e. The largest absolute Gasteiger partial charge is 0.257 e. The minimum absolute atomic E-state index is 0.444. The highest BCUT2D eigenvalue weighted by molar-refractivity contribution is 9.10. The van der Waals surface area contributed by atoms with Crippen molar-refractivity contribution in [1.82, 2.24) is 9.97 Å². The zero-order valence-corrected chi connectivity index (χ0v) is 8.51. The van der Waals surface area contributed by atoms with Crippen molar-refractivity contribution < 1.29 is 0 Å². The van der Waals surface area contributed by atoms with Gasteiger partial charge in [0.1, 0.15) is 4.60 Å². The standard InChI is InChI=1S/C8H11BrN2/c1-5(2)7-4-10-6(3)8(9)11-7/h4-5H,1-3H3. The molecule has 0 saturated heterocycles. The molecule has 0 N–H and O–H groups in total. The lowest BCUT2D eigenvalue weighted by molar-refractivity contribution is 0.801. The van der Waals surface area contributed by atoms with Gasteiger partial charge in [0, 0.05) is 6.20 Å². The third-order valence-corrected chi connectivity index (χ3v) is 2.26. The van der Waals surface area contributed by atoms with Gasteiger partial charge in [-0.05, 0) is 28.8 Å². The van der Waals surface area contributed by atoms with Gasteiger partial charge in [-0.2, -0.15) is 0 Å². The fraction of sp³-hybridized carbons (Fsp3) is 0.500. The van der Waals surface area contributed by atoms with Crippen LogP contribution in [0.25, 0.3) is 0 Å². The van der Waals surface area contributed by atoms with Crippen LogP contribution in [-0.2, 0) is 0 Å². The van der Waals surface area contributed by atoms with Gasteiger partial charge < -0.3 is 0 Å². The Bertz CT molecular complexity index is 258.